The van der Waals surface area contributed by atoms with E-state index >= 15 is 0 Å². The van der Waals surface area contributed by atoms with Crippen LogP contribution in [-0.4, -0.2) is 85.4 Å². The van der Waals surface area contributed by atoms with E-state index in [1.54, 1.807) is 30.2 Å². The zero-order valence-electron chi connectivity index (χ0n) is 28.5. The number of nitrogens with one attached hydrogen (secondary N) is 1. The highest BCUT2D eigenvalue weighted by atomic mass is 16.5. The smallest absolute Gasteiger partial charge is 0.258 e. The first kappa shape index (κ1) is 35.9. The summed E-state index contributed by atoms with van der Waals surface area (Å²) in [5.41, 5.74) is 2.94. The van der Waals surface area contributed by atoms with Gasteiger partial charge in [-0.3, -0.25) is 14.5 Å². The standard InChI is InChI=1S/C38H51N3O6/c1-27-23-41(28(2)26-42)38(44)34-22-32(39-37(43)21-30-12-7-6-8-13-30)16-19-35(34)47-29(3)11-9-10-20-46-36(27)25-40(4)24-31-14-17-33(45-5)18-15-31/h6-8,12-19,22,27-29,36,42H,9-11,20-21,23-26H2,1-5H3,(H,39,43)/t27-,28-,29+,36-/m1/s1. The average Bonchev–Trinajstić information content (AvgIpc) is 3.06. The molecule has 0 saturated carbocycles. The van der Waals surface area contributed by atoms with Gasteiger partial charge in [0, 0.05) is 37.8 Å². The Kier molecular flexibility index (Phi) is 13.6. The van der Waals surface area contributed by atoms with Gasteiger partial charge in [-0.2, -0.15) is 0 Å². The van der Waals surface area contributed by atoms with Crippen LogP contribution in [0.5, 0.6) is 11.5 Å². The lowest BCUT2D eigenvalue weighted by molar-refractivity contribution is -0.115. The zero-order chi connectivity index (χ0) is 33.8. The highest BCUT2D eigenvalue weighted by Gasteiger charge is 2.30. The number of nitrogens with zero attached hydrogens (tertiary/aromatic N) is 2. The minimum Gasteiger partial charge on any atom is -0.497 e. The molecule has 2 amide bonds. The van der Waals surface area contributed by atoms with Crippen LogP contribution in [0.1, 0.15) is 61.5 Å². The summed E-state index contributed by atoms with van der Waals surface area (Å²) in [4.78, 5) is 31.2. The number of likely N-dealkylation sites (N-methyl/N-ethyl adjacent to an activating group) is 1. The Hall–Kier alpha value is -3.92. The van der Waals surface area contributed by atoms with E-state index in [-0.39, 0.29) is 43.0 Å². The van der Waals surface area contributed by atoms with Crippen molar-refractivity contribution < 1.29 is 28.9 Å². The maximum absolute atomic E-state index is 14.4. The Labute approximate surface area is 279 Å². The van der Waals surface area contributed by atoms with Crippen LogP contribution >= 0.6 is 0 Å². The third kappa shape index (κ3) is 10.8. The van der Waals surface area contributed by atoms with E-state index in [9.17, 15) is 14.7 Å². The normalized spacial score (nSPS) is 20.1. The third-order valence-electron chi connectivity index (χ3n) is 8.65. The predicted octanol–water partition coefficient (Wildman–Crippen LogP) is 5.80. The minimum absolute atomic E-state index is 0.0359. The van der Waals surface area contributed by atoms with Crippen molar-refractivity contribution in [3.8, 4) is 11.5 Å². The first-order valence-electron chi connectivity index (χ1n) is 16.7. The second-order valence-corrected chi connectivity index (χ2v) is 12.8. The van der Waals surface area contributed by atoms with Gasteiger partial charge in [0.2, 0.25) is 5.91 Å². The molecular formula is C38H51N3O6. The summed E-state index contributed by atoms with van der Waals surface area (Å²) in [5.74, 6) is 0.820. The van der Waals surface area contributed by atoms with Crippen molar-refractivity contribution in [2.75, 3.05) is 45.8 Å². The molecule has 0 spiro atoms. The van der Waals surface area contributed by atoms with Crippen LogP contribution in [0.3, 0.4) is 0 Å². The molecule has 0 bridgehead atoms. The maximum atomic E-state index is 14.4. The van der Waals surface area contributed by atoms with Crippen molar-refractivity contribution in [3.63, 3.8) is 0 Å². The van der Waals surface area contributed by atoms with E-state index in [0.717, 1.165) is 37.1 Å². The van der Waals surface area contributed by atoms with Gasteiger partial charge in [-0.15, -0.1) is 0 Å². The number of hydrogen-bond donors (Lipinski definition) is 2. The molecule has 1 aliphatic heterocycles. The van der Waals surface area contributed by atoms with Crippen LogP contribution in [0, 0.1) is 5.92 Å². The van der Waals surface area contributed by atoms with Crippen LogP contribution in [0.4, 0.5) is 5.69 Å². The molecule has 4 rings (SSSR count). The number of aliphatic hydroxyl groups excluding tert-OH is 1. The topological polar surface area (TPSA) is 101 Å². The number of ether oxygens (including phenoxy) is 3. The van der Waals surface area contributed by atoms with Gasteiger partial charge in [-0.1, -0.05) is 49.4 Å². The first-order valence-corrected chi connectivity index (χ1v) is 16.7. The van der Waals surface area contributed by atoms with Gasteiger partial charge < -0.3 is 29.5 Å². The predicted molar refractivity (Wildman–Crippen MR) is 185 cm³/mol. The Balaban J connectivity index is 1.57. The van der Waals surface area contributed by atoms with Gasteiger partial charge in [-0.25, -0.2) is 0 Å². The summed E-state index contributed by atoms with van der Waals surface area (Å²) < 4.78 is 18.1. The Morgan fingerprint density at radius 3 is 2.51 bits per heavy atom. The Bertz CT molecular complexity index is 1420. The molecule has 0 fully saturated rings. The van der Waals surface area contributed by atoms with E-state index in [0.29, 0.717) is 36.7 Å². The Morgan fingerprint density at radius 1 is 1.06 bits per heavy atom. The van der Waals surface area contributed by atoms with Crippen LogP contribution in [0.15, 0.2) is 72.8 Å². The fourth-order valence-electron chi connectivity index (χ4n) is 5.86. The van der Waals surface area contributed by atoms with Crippen molar-refractivity contribution in [2.24, 2.45) is 5.92 Å². The number of rotatable bonds is 10. The number of amides is 2. The van der Waals surface area contributed by atoms with Gasteiger partial charge in [0.15, 0.2) is 0 Å². The molecule has 1 aliphatic rings. The number of benzene rings is 3. The maximum Gasteiger partial charge on any atom is 0.258 e. The lowest BCUT2D eigenvalue weighted by Crippen LogP contribution is -2.47. The van der Waals surface area contributed by atoms with Crippen molar-refractivity contribution in [1.29, 1.82) is 0 Å². The third-order valence-corrected chi connectivity index (χ3v) is 8.65. The highest BCUT2D eigenvalue weighted by molar-refractivity contribution is 6.00. The van der Waals surface area contributed by atoms with E-state index in [1.807, 2.05) is 56.3 Å². The minimum atomic E-state index is -0.447. The van der Waals surface area contributed by atoms with Crippen LogP contribution in [0.2, 0.25) is 0 Å². The quantitative estimate of drug-likeness (QED) is 0.287. The van der Waals surface area contributed by atoms with E-state index in [2.05, 4.69) is 36.3 Å². The molecule has 254 valence electrons. The van der Waals surface area contributed by atoms with Crippen molar-refractivity contribution >= 4 is 17.5 Å². The summed E-state index contributed by atoms with van der Waals surface area (Å²) in [6.07, 6.45) is 2.58. The highest BCUT2D eigenvalue weighted by Crippen LogP contribution is 2.29. The number of fused-ring (bicyclic) bond motifs is 1. The molecule has 9 heteroatoms. The number of hydrogen-bond acceptors (Lipinski definition) is 7. The van der Waals surface area contributed by atoms with Gasteiger partial charge >= 0.3 is 0 Å². The number of carbonyl (C=O) groups excluding carboxylic acids is 2. The second-order valence-electron chi connectivity index (χ2n) is 12.8. The fraction of sp³-hybridized carbons (Fsp3) is 0.474. The number of aliphatic hydroxyl groups is 1. The summed E-state index contributed by atoms with van der Waals surface area (Å²) in [6, 6.07) is 22.4. The molecule has 47 heavy (non-hydrogen) atoms. The molecule has 3 aromatic rings. The number of carbonyl (C=O) groups is 2. The molecule has 1 heterocycles. The molecule has 0 saturated heterocycles. The van der Waals surface area contributed by atoms with Crippen molar-refractivity contribution in [1.82, 2.24) is 9.80 Å². The second kappa shape index (κ2) is 17.8. The summed E-state index contributed by atoms with van der Waals surface area (Å²) in [6.45, 7) is 8.16. The summed E-state index contributed by atoms with van der Waals surface area (Å²) in [5, 5.41) is 13.2. The van der Waals surface area contributed by atoms with E-state index in [4.69, 9.17) is 14.2 Å². The number of methoxy groups -OCH3 is 1. The molecule has 0 radical (unpaired) electrons. The molecule has 2 N–H and O–H groups in total. The van der Waals surface area contributed by atoms with E-state index < -0.39 is 6.04 Å². The van der Waals surface area contributed by atoms with Gasteiger partial charge in [-0.05, 0) is 81.6 Å². The largest absolute Gasteiger partial charge is 0.497 e. The lowest BCUT2D eigenvalue weighted by atomic mass is 10.0. The zero-order valence-corrected chi connectivity index (χ0v) is 28.5. The molecule has 9 nitrogen and oxygen atoms in total. The Morgan fingerprint density at radius 2 is 1.81 bits per heavy atom. The monoisotopic (exact) mass is 645 g/mol. The molecule has 4 atom stereocenters. The average molecular weight is 646 g/mol. The van der Waals surface area contributed by atoms with Crippen LogP contribution in [-0.2, 0) is 22.5 Å². The molecule has 0 unspecified atom stereocenters. The molecule has 0 aromatic heterocycles. The molecule has 0 aliphatic carbocycles. The fourth-order valence-corrected chi connectivity index (χ4v) is 5.86. The molecule has 3 aromatic carbocycles. The first-order chi connectivity index (χ1) is 22.7. The van der Waals surface area contributed by atoms with Gasteiger partial charge in [0.1, 0.15) is 11.5 Å². The molecular weight excluding hydrogens is 594 g/mol. The summed E-state index contributed by atoms with van der Waals surface area (Å²) >= 11 is 0. The van der Waals surface area contributed by atoms with Crippen LogP contribution in [0.25, 0.3) is 0 Å². The number of anilines is 1. The summed E-state index contributed by atoms with van der Waals surface area (Å²) in [7, 11) is 3.74. The van der Waals surface area contributed by atoms with Gasteiger partial charge in [0.25, 0.3) is 5.91 Å². The SMILES string of the molecule is COc1ccc(CN(C)C[C@H]2OCCCC[C@H](C)Oc3ccc(NC(=O)Cc4ccccc4)cc3C(=O)N([C@H](C)CO)C[C@H]2C)cc1. The van der Waals surface area contributed by atoms with Crippen molar-refractivity contribution in [3.05, 3.63) is 89.5 Å². The van der Waals surface area contributed by atoms with Gasteiger partial charge in [0.05, 0.1) is 44.0 Å². The van der Waals surface area contributed by atoms with Crippen LogP contribution < -0.4 is 14.8 Å². The van der Waals surface area contributed by atoms with Crippen molar-refractivity contribution in [2.45, 2.75) is 71.2 Å². The van der Waals surface area contributed by atoms with E-state index in [1.165, 1.54) is 5.56 Å². The lowest BCUT2D eigenvalue weighted by Gasteiger charge is -2.36.